The molecule has 0 fully saturated rings. The molecule has 0 atom stereocenters. The lowest BCUT2D eigenvalue weighted by molar-refractivity contribution is 0.502. The van der Waals surface area contributed by atoms with Gasteiger partial charge in [0, 0.05) is 9.79 Å². The summed E-state index contributed by atoms with van der Waals surface area (Å²) in [6.45, 7) is 0. The lowest BCUT2D eigenvalue weighted by Gasteiger charge is -2.16. The lowest BCUT2D eigenvalue weighted by atomic mass is 10.4. The van der Waals surface area contributed by atoms with Gasteiger partial charge in [0.1, 0.15) is 0 Å². The van der Waals surface area contributed by atoms with Crippen molar-refractivity contribution in [2.45, 2.75) is 9.79 Å². The number of benzene rings is 2. The van der Waals surface area contributed by atoms with Crippen LogP contribution in [0.2, 0.25) is 0 Å². The van der Waals surface area contributed by atoms with E-state index in [0.29, 0.717) is 0 Å². The van der Waals surface area contributed by atoms with Crippen LogP contribution < -0.4 is 0 Å². The second kappa shape index (κ2) is 5.42. The molecule has 0 amide bonds. The summed E-state index contributed by atoms with van der Waals surface area (Å²) in [5.74, 6) is 0. The average molecular weight is 284 g/mol. The van der Waals surface area contributed by atoms with Gasteiger partial charge in [-0.2, -0.15) is 0 Å². The molecular weight excluding hydrogens is 271 g/mol. The predicted molar refractivity (Wildman–Crippen MR) is 77.1 cm³/mol. The largest absolute Gasteiger partial charge is 0.341 e. The van der Waals surface area contributed by atoms with E-state index >= 15 is 0 Å². The lowest BCUT2D eigenvalue weighted by Crippen LogP contribution is -1.94. The predicted octanol–water partition coefficient (Wildman–Crippen LogP) is 3.31. The normalized spacial score (nSPS) is 11.8. The Balaban J connectivity index is 2.66. The summed E-state index contributed by atoms with van der Waals surface area (Å²) in [5.41, 5.74) is -3.25. The van der Waals surface area contributed by atoms with E-state index in [2.05, 4.69) is 12.2 Å². The summed E-state index contributed by atoms with van der Waals surface area (Å²) in [6.07, 6.45) is 0. The zero-order chi connectivity index (χ0) is 12.3. The first-order valence-corrected chi connectivity index (χ1v) is 9.69. The fourth-order valence-corrected chi connectivity index (χ4v) is 7.31. The van der Waals surface area contributed by atoms with Crippen molar-refractivity contribution in [3.8, 4) is 0 Å². The molecule has 0 unspecified atom stereocenters. The van der Waals surface area contributed by atoms with Crippen molar-refractivity contribution in [3.63, 3.8) is 0 Å². The van der Waals surface area contributed by atoms with Gasteiger partial charge in [-0.1, -0.05) is 58.7 Å². The van der Waals surface area contributed by atoms with Crippen molar-refractivity contribution >= 4 is 28.0 Å². The Labute approximate surface area is 108 Å². The number of rotatable bonds is 2. The van der Waals surface area contributed by atoms with Crippen molar-refractivity contribution in [1.29, 1.82) is 0 Å². The SMILES string of the molecule is OP(O)(S)=S(c1ccccc1)c1ccccc1. The van der Waals surface area contributed by atoms with E-state index in [1.807, 2.05) is 60.7 Å². The monoisotopic (exact) mass is 284 g/mol. The van der Waals surface area contributed by atoms with Gasteiger partial charge in [0.2, 0.25) is 5.69 Å². The molecule has 0 aliphatic carbocycles. The van der Waals surface area contributed by atoms with E-state index < -0.39 is 15.8 Å². The second-order valence-corrected chi connectivity index (χ2v) is 11.1. The highest BCUT2D eigenvalue weighted by molar-refractivity contribution is 8.65. The molecular formula is C12H13O2PS2. The van der Waals surface area contributed by atoms with Crippen LogP contribution in [-0.2, 0) is 10.1 Å². The molecule has 2 nitrogen and oxygen atoms in total. The molecule has 0 radical (unpaired) electrons. The Morgan fingerprint density at radius 2 is 1.12 bits per heavy atom. The molecule has 0 aliphatic heterocycles. The fourth-order valence-electron chi connectivity index (χ4n) is 1.52. The number of thiol groups is 1. The molecule has 0 aliphatic rings. The minimum absolute atomic E-state index is 0.782. The quantitative estimate of drug-likeness (QED) is 0.585. The molecule has 0 aromatic heterocycles. The van der Waals surface area contributed by atoms with Crippen molar-refractivity contribution in [2.24, 2.45) is 0 Å². The smallest absolute Gasteiger partial charge is 0.207 e. The summed E-state index contributed by atoms with van der Waals surface area (Å²) >= 11 is 4.01. The molecule has 0 spiro atoms. The molecule has 2 N–H and O–H groups in total. The Morgan fingerprint density at radius 3 is 1.41 bits per heavy atom. The molecule has 0 heterocycles. The van der Waals surface area contributed by atoms with Gasteiger partial charge in [-0.25, -0.2) is 0 Å². The zero-order valence-corrected chi connectivity index (χ0v) is 11.6. The third-order valence-corrected chi connectivity index (χ3v) is 8.31. The van der Waals surface area contributed by atoms with Gasteiger partial charge in [-0.3, -0.25) is 0 Å². The van der Waals surface area contributed by atoms with Crippen LogP contribution in [0.25, 0.3) is 0 Å². The van der Waals surface area contributed by atoms with Crippen molar-refractivity contribution in [2.75, 3.05) is 0 Å². The number of hydrogen-bond donors (Lipinski definition) is 3. The van der Waals surface area contributed by atoms with Gasteiger partial charge in [0.05, 0.1) is 0 Å². The van der Waals surface area contributed by atoms with Crippen LogP contribution in [0, 0.1) is 0 Å². The van der Waals surface area contributed by atoms with E-state index in [9.17, 15) is 9.79 Å². The molecule has 17 heavy (non-hydrogen) atoms. The summed E-state index contributed by atoms with van der Waals surface area (Å²) in [6, 6.07) is 19.0. The van der Waals surface area contributed by atoms with Crippen LogP contribution in [0.5, 0.6) is 0 Å². The van der Waals surface area contributed by atoms with Crippen LogP contribution in [0.1, 0.15) is 0 Å². The van der Waals surface area contributed by atoms with E-state index in [1.165, 1.54) is 0 Å². The minimum atomic E-state index is -3.25. The highest BCUT2D eigenvalue weighted by Gasteiger charge is 2.14. The molecule has 2 aromatic rings. The molecule has 0 saturated heterocycles. The third-order valence-electron chi connectivity index (χ3n) is 2.18. The van der Waals surface area contributed by atoms with Crippen LogP contribution in [0.4, 0.5) is 0 Å². The molecule has 0 bridgehead atoms. The summed E-state index contributed by atoms with van der Waals surface area (Å²) in [5, 5.41) is 0. The van der Waals surface area contributed by atoms with Gasteiger partial charge in [0.15, 0.2) is 0 Å². The number of hydrogen-bond acceptors (Lipinski definition) is 0. The summed E-state index contributed by atoms with van der Waals surface area (Å²) in [4.78, 5) is 21.6. The fraction of sp³-hybridized carbons (Fsp3) is 0. The Kier molecular flexibility index (Phi) is 4.13. The molecule has 90 valence electrons. The zero-order valence-electron chi connectivity index (χ0n) is 8.97. The van der Waals surface area contributed by atoms with Gasteiger partial charge in [-0.05, 0) is 24.3 Å². The molecule has 2 aromatic carbocycles. The Hall–Kier alpha value is -0.510. The van der Waals surface area contributed by atoms with E-state index in [-0.39, 0.29) is 0 Å². The van der Waals surface area contributed by atoms with Gasteiger partial charge >= 0.3 is 0 Å². The maximum absolute atomic E-state index is 9.93. The Morgan fingerprint density at radius 1 is 0.765 bits per heavy atom. The van der Waals surface area contributed by atoms with Crippen molar-refractivity contribution in [1.82, 2.24) is 0 Å². The standard InChI is InChI=1S/C12H13O2PS2/c13-15(14,16)17(11-7-3-1-4-8-11)12-9-5-2-6-10-12/h1-10,13-14,16H. The molecule has 2 rings (SSSR count). The maximum Gasteiger partial charge on any atom is 0.207 e. The van der Waals surface area contributed by atoms with Crippen LogP contribution in [0.15, 0.2) is 70.5 Å². The maximum atomic E-state index is 9.93. The van der Waals surface area contributed by atoms with Gasteiger partial charge < -0.3 is 9.79 Å². The van der Waals surface area contributed by atoms with E-state index in [1.54, 1.807) is 0 Å². The van der Waals surface area contributed by atoms with Gasteiger partial charge in [-0.15, -0.1) is 0 Å². The van der Waals surface area contributed by atoms with E-state index in [0.717, 1.165) is 9.79 Å². The molecule has 0 saturated carbocycles. The third kappa shape index (κ3) is 3.24. The summed E-state index contributed by atoms with van der Waals surface area (Å²) in [7, 11) is -0.782. The first-order valence-electron chi connectivity index (χ1n) is 5.01. The van der Waals surface area contributed by atoms with Crippen molar-refractivity contribution < 1.29 is 9.79 Å². The highest BCUT2D eigenvalue weighted by atomic mass is 32.9. The van der Waals surface area contributed by atoms with Crippen LogP contribution >= 0.6 is 17.9 Å². The van der Waals surface area contributed by atoms with Gasteiger partial charge in [0.25, 0.3) is 0 Å². The molecule has 5 heteroatoms. The first-order chi connectivity index (χ1) is 8.09. The van der Waals surface area contributed by atoms with Crippen LogP contribution in [-0.4, -0.2) is 9.79 Å². The first kappa shape index (κ1) is 12.9. The highest BCUT2D eigenvalue weighted by Crippen LogP contribution is 2.51. The Bertz CT molecular complexity index is 499. The second-order valence-electron chi connectivity index (χ2n) is 3.42. The topological polar surface area (TPSA) is 40.5 Å². The van der Waals surface area contributed by atoms with Crippen LogP contribution in [0.3, 0.4) is 0 Å². The van der Waals surface area contributed by atoms with Crippen molar-refractivity contribution in [3.05, 3.63) is 60.7 Å². The van der Waals surface area contributed by atoms with E-state index in [4.69, 9.17) is 0 Å². The minimum Gasteiger partial charge on any atom is -0.341 e. The average Bonchev–Trinajstić information content (AvgIpc) is 2.30. The summed E-state index contributed by atoms with van der Waals surface area (Å²) < 4.78 is 0.